The SMILES string of the molecule is CC1OCCC1CNC(=O)Cc1ccc(CN)cc1. The topological polar surface area (TPSA) is 64.3 Å². The van der Waals surface area contributed by atoms with Crippen LogP contribution in [-0.2, 0) is 22.5 Å². The molecule has 2 atom stereocenters. The lowest BCUT2D eigenvalue weighted by Gasteiger charge is -2.14. The molecule has 1 aliphatic heterocycles. The van der Waals surface area contributed by atoms with E-state index in [0.29, 0.717) is 25.4 Å². The Bertz CT molecular complexity index is 417. The Morgan fingerprint density at radius 3 is 2.63 bits per heavy atom. The van der Waals surface area contributed by atoms with Crippen molar-refractivity contribution < 1.29 is 9.53 Å². The first-order chi connectivity index (χ1) is 9.19. The summed E-state index contributed by atoms with van der Waals surface area (Å²) in [6, 6.07) is 7.86. The molecule has 0 radical (unpaired) electrons. The molecule has 2 unspecified atom stereocenters. The fourth-order valence-electron chi connectivity index (χ4n) is 2.33. The number of hydrogen-bond donors (Lipinski definition) is 2. The largest absolute Gasteiger partial charge is 0.378 e. The van der Waals surface area contributed by atoms with E-state index in [0.717, 1.165) is 24.2 Å². The molecule has 1 heterocycles. The first-order valence-electron chi connectivity index (χ1n) is 6.85. The number of nitrogens with two attached hydrogens (primary N) is 1. The Balaban J connectivity index is 1.77. The Labute approximate surface area is 114 Å². The highest BCUT2D eigenvalue weighted by Gasteiger charge is 2.24. The van der Waals surface area contributed by atoms with Crippen LogP contribution in [-0.4, -0.2) is 25.2 Å². The Hall–Kier alpha value is -1.39. The van der Waals surface area contributed by atoms with E-state index in [-0.39, 0.29) is 12.0 Å². The van der Waals surface area contributed by atoms with Crippen LogP contribution in [0.4, 0.5) is 0 Å². The first kappa shape index (κ1) is 14.0. The lowest BCUT2D eigenvalue weighted by atomic mass is 10.0. The Morgan fingerprint density at radius 1 is 1.37 bits per heavy atom. The van der Waals surface area contributed by atoms with E-state index in [9.17, 15) is 4.79 Å². The highest BCUT2D eigenvalue weighted by molar-refractivity contribution is 5.78. The van der Waals surface area contributed by atoms with Gasteiger partial charge >= 0.3 is 0 Å². The molecule has 19 heavy (non-hydrogen) atoms. The number of rotatable bonds is 5. The molecule has 1 fully saturated rings. The summed E-state index contributed by atoms with van der Waals surface area (Å²) in [5, 5.41) is 2.99. The molecule has 4 nitrogen and oxygen atoms in total. The summed E-state index contributed by atoms with van der Waals surface area (Å²) in [7, 11) is 0. The van der Waals surface area contributed by atoms with E-state index in [2.05, 4.69) is 12.2 Å². The van der Waals surface area contributed by atoms with Gasteiger partial charge in [0.1, 0.15) is 0 Å². The molecule has 0 aromatic heterocycles. The third kappa shape index (κ3) is 4.04. The molecule has 104 valence electrons. The maximum atomic E-state index is 11.9. The minimum absolute atomic E-state index is 0.0691. The fraction of sp³-hybridized carbons (Fsp3) is 0.533. The molecule has 1 amide bonds. The van der Waals surface area contributed by atoms with E-state index in [1.54, 1.807) is 0 Å². The highest BCUT2D eigenvalue weighted by atomic mass is 16.5. The predicted molar refractivity (Wildman–Crippen MR) is 74.6 cm³/mol. The van der Waals surface area contributed by atoms with Crippen LogP contribution in [0.15, 0.2) is 24.3 Å². The number of carbonyl (C=O) groups excluding carboxylic acids is 1. The molecule has 2 rings (SSSR count). The van der Waals surface area contributed by atoms with Crippen molar-refractivity contribution in [3.63, 3.8) is 0 Å². The average Bonchev–Trinajstić information content (AvgIpc) is 2.83. The van der Waals surface area contributed by atoms with Crippen LogP contribution < -0.4 is 11.1 Å². The normalized spacial score (nSPS) is 22.4. The maximum Gasteiger partial charge on any atom is 0.224 e. The number of hydrogen-bond acceptors (Lipinski definition) is 3. The molecule has 0 aliphatic carbocycles. The third-order valence-electron chi connectivity index (χ3n) is 3.72. The summed E-state index contributed by atoms with van der Waals surface area (Å²) in [4.78, 5) is 11.9. The monoisotopic (exact) mass is 262 g/mol. The van der Waals surface area contributed by atoms with Gasteiger partial charge in [-0.1, -0.05) is 24.3 Å². The second-order valence-electron chi connectivity index (χ2n) is 5.13. The minimum atomic E-state index is 0.0691. The summed E-state index contributed by atoms with van der Waals surface area (Å²) in [5.41, 5.74) is 7.64. The summed E-state index contributed by atoms with van der Waals surface area (Å²) in [5.74, 6) is 0.517. The standard InChI is InChI=1S/C15H22N2O2/c1-11-14(6-7-19-11)10-17-15(18)8-12-2-4-13(9-16)5-3-12/h2-5,11,14H,6-10,16H2,1H3,(H,17,18). The van der Waals surface area contributed by atoms with Gasteiger partial charge in [-0.3, -0.25) is 4.79 Å². The van der Waals surface area contributed by atoms with Gasteiger partial charge in [-0.2, -0.15) is 0 Å². The molecule has 1 aliphatic rings. The average molecular weight is 262 g/mol. The summed E-state index contributed by atoms with van der Waals surface area (Å²) >= 11 is 0. The van der Waals surface area contributed by atoms with Gasteiger partial charge in [0.25, 0.3) is 0 Å². The second kappa shape index (κ2) is 6.68. The van der Waals surface area contributed by atoms with Crippen molar-refractivity contribution in [3.8, 4) is 0 Å². The zero-order chi connectivity index (χ0) is 13.7. The molecule has 3 N–H and O–H groups in total. The van der Waals surface area contributed by atoms with E-state index >= 15 is 0 Å². The van der Waals surface area contributed by atoms with Gasteiger partial charge in [0.2, 0.25) is 5.91 Å². The van der Waals surface area contributed by atoms with Gasteiger partial charge in [0.05, 0.1) is 12.5 Å². The summed E-state index contributed by atoms with van der Waals surface area (Å²) in [6.45, 7) is 4.12. The Morgan fingerprint density at radius 2 is 2.05 bits per heavy atom. The number of carbonyl (C=O) groups is 1. The van der Waals surface area contributed by atoms with Crippen molar-refractivity contribution in [2.45, 2.75) is 32.4 Å². The summed E-state index contributed by atoms with van der Waals surface area (Å²) < 4.78 is 5.48. The quantitative estimate of drug-likeness (QED) is 0.839. The lowest BCUT2D eigenvalue weighted by Crippen LogP contribution is -2.32. The smallest absolute Gasteiger partial charge is 0.224 e. The van der Waals surface area contributed by atoms with Gasteiger partial charge in [0, 0.05) is 25.6 Å². The molecule has 4 heteroatoms. The molecule has 0 bridgehead atoms. The van der Waals surface area contributed by atoms with Crippen molar-refractivity contribution in [1.29, 1.82) is 0 Å². The molecule has 1 saturated heterocycles. The molecule has 0 saturated carbocycles. The lowest BCUT2D eigenvalue weighted by molar-refractivity contribution is -0.120. The second-order valence-corrected chi connectivity index (χ2v) is 5.13. The number of nitrogens with one attached hydrogen (secondary N) is 1. The zero-order valence-corrected chi connectivity index (χ0v) is 11.4. The molecule has 1 aromatic rings. The van der Waals surface area contributed by atoms with Crippen molar-refractivity contribution in [1.82, 2.24) is 5.32 Å². The van der Waals surface area contributed by atoms with Crippen molar-refractivity contribution in [2.24, 2.45) is 11.7 Å². The Kier molecular flexibility index (Phi) is 4.93. The third-order valence-corrected chi connectivity index (χ3v) is 3.72. The van der Waals surface area contributed by atoms with E-state index in [1.165, 1.54) is 0 Å². The number of benzene rings is 1. The number of amides is 1. The van der Waals surface area contributed by atoms with Crippen molar-refractivity contribution in [2.75, 3.05) is 13.2 Å². The van der Waals surface area contributed by atoms with Crippen molar-refractivity contribution >= 4 is 5.91 Å². The van der Waals surface area contributed by atoms with Crippen LogP contribution in [0.2, 0.25) is 0 Å². The van der Waals surface area contributed by atoms with Crippen molar-refractivity contribution in [3.05, 3.63) is 35.4 Å². The van der Waals surface area contributed by atoms with Crippen LogP contribution in [0, 0.1) is 5.92 Å². The van der Waals surface area contributed by atoms with Crippen LogP contribution in [0.25, 0.3) is 0 Å². The van der Waals surface area contributed by atoms with Crippen LogP contribution in [0.3, 0.4) is 0 Å². The van der Waals surface area contributed by atoms with Crippen LogP contribution >= 0.6 is 0 Å². The molecular weight excluding hydrogens is 240 g/mol. The maximum absolute atomic E-state index is 11.9. The van der Waals surface area contributed by atoms with Gasteiger partial charge in [-0.25, -0.2) is 0 Å². The van der Waals surface area contributed by atoms with E-state index in [4.69, 9.17) is 10.5 Å². The van der Waals surface area contributed by atoms with Gasteiger partial charge in [-0.15, -0.1) is 0 Å². The van der Waals surface area contributed by atoms with Gasteiger partial charge in [0.15, 0.2) is 0 Å². The fourth-order valence-corrected chi connectivity index (χ4v) is 2.33. The predicted octanol–water partition coefficient (Wildman–Crippen LogP) is 1.23. The molecular formula is C15H22N2O2. The van der Waals surface area contributed by atoms with Gasteiger partial charge < -0.3 is 15.8 Å². The van der Waals surface area contributed by atoms with Crippen LogP contribution in [0.5, 0.6) is 0 Å². The van der Waals surface area contributed by atoms with Gasteiger partial charge in [-0.05, 0) is 24.5 Å². The highest BCUT2D eigenvalue weighted by Crippen LogP contribution is 2.19. The van der Waals surface area contributed by atoms with Crippen LogP contribution in [0.1, 0.15) is 24.5 Å². The zero-order valence-electron chi connectivity index (χ0n) is 11.4. The molecule has 0 spiro atoms. The number of ether oxygens (including phenoxy) is 1. The first-order valence-corrected chi connectivity index (χ1v) is 6.85. The minimum Gasteiger partial charge on any atom is -0.378 e. The molecule has 1 aromatic carbocycles. The van der Waals surface area contributed by atoms with E-state index < -0.39 is 0 Å². The van der Waals surface area contributed by atoms with E-state index in [1.807, 2.05) is 24.3 Å². The summed E-state index contributed by atoms with van der Waals surface area (Å²) in [6.07, 6.45) is 1.71.